The van der Waals surface area contributed by atoms with E-state index in [-0.39, 0.29) is 11.8 Å². The van der Waals surface area contributed by atoms with Crippen LogP contribution >= 0.6 is 0 Å². The zero-order valence-electron chi connectivity index (χ0n) is 9.09. The van der Waals surface area contributed by atoms with Crippen LogP contribution in [0.15, 0.2) is 4.42 Å². The van der Waals surface area contributed by atoms with Crippen molar-refractivity contribution in [1.82, 2.24) is 10.2 Å². The molecule has 1 aliphatic heterocycles. The summed E-state index contributed by atoms with van der Waals surface area (Å²) in [5.41, 5.74) is 0. The van der Waals surface area contributed by atoms with E-state index in [2.05, 4.69) is 10.2 Å². The Hall–Kier alpha value is -1.06. The minimum atomic E-state index is -1.45. The fraction of sp³-hybridized carbons (Fsp3) is 0.778. The number of hydrogen-bond acceptors (Lipinski definition) is 8. The number of aliphatic hydroxyl groups is 4. The monoisotopic (exact) mass is 246 g/mol. The van der Waals surface area contributed by atoms with Crippen molar-refractivity contribution in [1.29, 1.82) is 0 Å². The Morgan fingerprint density at radius 2 is 1.82 bits per heavy atom. The maximum Gasteiger partial charge on any atom is 0.247 e. The third-order valence-electron chi connectivity index (χ3n) is 2.68. The molecule has 0 amide bonds. The van der Waals surface area contributed by atoms with Gasteiger partial charge in [0.05, 0.1) is 6.61 Å². The molecular weight excluding hydrogens is 232 g/mol. The van der Waals surface area contributed by atoms with Gasteiger partial charge in [-0.05, 0) is 0 Å². The van der Waals surface area contributed by atoms with E-state index in [0.717, 1.165) is 0 Å². The summed E-state index contributed by atoms with van der Waals surface area (Å²) in [5.74, 6) is 0.288. The molecule has 0 spiro atoms. The largest absolute Gasteiger partial charge is 0.423 e. The molecule has 96 valence electrons. The van der Waals surface area contributed by atoms with Crippen LogP contribution in [0.4, 0.5) is 0 Å². The van der Waals surface area contributed by atoms with Gasteiger partial charge >= 0.3 is 0 Å². The highest BCUT2D eigenvalue weighted by Crippen LogP contribution is 2.31. The van der Waals surface area contributed by atoms with Gasteiger partial charge in [0.2, 0.25) is 11.8 Å². The molecule has 8 nitrogen and oxygen atoms in total. The molecule has 1 unspecified atom stereocenters. The van der Waals surface area contributed by atoms with E-state index in [1.807, 2.05) is 0 Å². The Labute approximate surface area is 96.5 Å². The quantitative estimate of drug-likeness (QED) is 0.466. The number of aliphatic hydroxyl groups excluding tert-OH is 4. The van der Waals surface area contributed by atoms with E-state index in [0.29, 0.717) is 0 Å². The molecule has 1 aromatic heterocycles. The predicted octanol–water partition coefficient (Wildman–Crippen LogP) is -2.11. The minimum Gasteiger partial charge on any atom is -0.423 e. The lowest BCUT2D eigenvalue weighted by Gasteiger charge is -2.38. The van der Waals surface area contributed by atoms with Gasteiger partial charge in [-0.25, -0.2) is 0 Å². The van der Waals surface area contributed by atoms with Gasteiger partial charge < -0.3 is 29.6 Å². The van der Waals surface area contributed by atoms with Gasteiger partial charge in [-0.3, -0.25) is 0 Å². The second-order valence-corrected chi connectivity index (χ2v) is 3.91. The molecular formula is C9H14N2O6. The first-order chi connectivity index (χ1) is 8.04. The molecule has 1 fully saturated rings. The highest BCUT2D eigenvalue weighted by Gasteiger charge is 2.46. The minimum absolute atomic E-state index is 0.000556. The van der Waals surface area contributed by atoms with Crippen LogP contribution < -0.4 is 0 Å². The van der Waals surface area contributed by atoms with Crippen molar-refractivity contribution in [2.45, 2.75) is 37.4 Å². The lowest BCUT2D eigenvalue weighted by Crippen LogP contribution is -2.55. The van der Waals surface area contributed by atoms with Crippen molar-refractivity contribution >= 4 is 0 Å². The first kappa shape index (κ1) is 12.4. The van der Waals surface area contributed by atoms with Crippen molar-refractivity contribution in [3.63, 3.8) is 0 Å². The number of rotatable bonds is 2. The number of aryl methyl sites for hydroxylation is 1. The third-order valence-corrected chi connectivity index (χ3v) is 2.68. The fourth-order valence-corrected chi connectivity index (χ4v) is 1.73. The summed E-state index contributed by atoms with van der Waals surface area (Å²) in [5, 5.41) is 45.1. The SMILES string of the molecule is Cc1nnc(C2O[C@H](CO)[C@@H](O)[C@H](O)[C@H]2O)o1. The normalized spacial score (nSPS) is 38.3. The molecule has 2 heterocycles. The summed E-state index contributed by atoms with van der Waals surface area (Å²) in [4.78, 5) is 0. The van der Waals surface area contributed by atoms with Crippen LogP contribution in [0, 0.1) is 6.92 Å². The summed E-state index contributed by atoms with van der Waals surface area (Å²) in [6, 6.07) is 0. The van der Waals surface area contributed by atoms with Gasteiger partial charge in [-0.15, -0.1) is 10.2 Å². The van der Waals surface area contributed by atoms with Crippen molar-refractivity contribution in [3.05, 3.63) is 11.8 Å². The van der Waals surface area contributed by atoms with E-state index < -0.39 is 37.1 Å². The summed E-state index contributed by atoms with van der Waals surface area (Å²) in [7, 11) is 0. The van der Waals surface area contributed by atoms with Crippen LogP contribution in [-0.4, -0.2) is 61.6 Å². The molecule has 4 N–H and O–H groups in total. The highest BCUT2D eigenvalue weighted by molar-refractivity contribution is 4.99. The maximum absolute atomic E-state index is 9.74. The van der Waals surface area contributed by atoms with Crippen LogP contribution in [0.25, 0.3) is 0 Å². The number of hydrogen-bond donors (Lipinski definition) is 4. The highest BCUT2D eigenvalue weighted by atomic mass is 16.6. The molecule has 8 heteroatoms. The molecule has 0 bridgehead atoms. The molecule has 1 saturated heterocycles. The van der Waals surface area contributed by atoms with Gasteiger partial charge in [0.1, 0.15) is 24.4 Å². The molecule has 0 radical (unpaired) electrons. The van der Waals surface area contributed by atoms with Crippen molar-refractivity contribution in [2.75, 3.05) is 6.61 Å². The van der Waals surface area contributed by atoms with E-state index in [9.17, 15) is 15.3 Å². The van der Waals surface area contributed by atoms with E-state index in [1.165, 1.54) is 0 Å². The summed E-state index contributed by atoms with van der Waals surface area (Å²) in [6.07, 6.45) is -6.28. The van der Waals surface area contributed by atoms with Crippen LogP contribution in [-0.2, 0) is 4.74 Å². The average molecular weight is 246 g/mol. The fourth-order valence-electron chi connectivity index (χ4n) is 1.73. The Morgan fingerprint density at radius 1 is 1.12 bits per heavy atom. The van der Waals surface area contributed by atoms with Crippen LogP contribution in [0.1, 0.15) is 17.9 Å². The van der Waals surface area contributed by atoms with Crippen LogP contribution in [0.5, 0.6) is 0 Å². The third kappa shape index (κ3) is 2.17. The van der Waals surface area contributed by atoms with Gasteiger partial charge in [0, 0.05) is 6.92 Å². The molecule has 1 aromatic rings. The van der Waals surface area contributed by atoms with Gasteiger partial charge in [0.25, 0.3) is 0 Å². The van der Waals surface area contributed by atoms with Gasteiger partial charge in [-0.2, -0.15) is 0 Å². The number of nitrogens with zero attached hydrogens (tertiary/aromatic N) is 2. The van der Waals surface area contributed by atoms with E-state index in [1.54, 1.807) is 6.92 Å². The Kier molecular flexibility index (Phi) is 3.40. The number of aromatic nitrogens is 2. The predicted molar refractivity (Wildman–Crippen MR) is 51.8 cm³/mol. The molecule has 2 rings (SSSR count). The topological polar surface area (TPSA) is 129 Å². The van der Waals surface area contributed by atoms with Gasteiger partial charge in [-0.1, -0.05) is 0 Å². The summed E-state index contributed by atoms with van der Waals surface area (Å²) < 4.78 is 10.3. The lowest BCUT2D eigenvalue weighted by atomic mass is 9.95. The Balaban J connectivity index is 2.22. The van der Waals surface area contributed by atoms with E-state index in [4.69, 9.17) is 14.3 Å². The second kappa shape index (κ2) is 4.67. The average Bonchev–Trinajstić information content (AvgIpc) is 2.73. The van der Waals surface area contributed by atoms with Crippen LogP contribution in [0.2, 0.25) is 0 Å². The Morgan fingerprint density at radius 3 is 2.35 bits per heavy atom. The molecule has 17 heavy (non-hydrogen) atoms. The zero-order chi connectivity index (χ0) is 12.6. The van der Waals surface area contributed by atoms with Gasteiger partial charge in [0.15, 0.2) is 6.10 Å². The molecule has 5 atom stereocenters. The lowest BCUT2D eigenvalue weighted by molar-refractivity contribution is -0.236. The molecule has 1 aliphatic rings. The second-order valence-electron chi connectivity index (χ2n) is 3.91. The zero-order valence-corrected chi connectivity index (χ0v) is 9.09. The van der Waals surface area contributed by atoms with Crippen molar-refractivity contribution in [2.24, 2.45) is 0 Å². The maximum atomic E-state index is 9.74. The molecule has 0 aliphatic carbocycles. The standard InChI is InChI=1S/C9H14N2O6/c1-3-10-11-9(16-3)8-7(15)6(14)5(13)4(2-12)17-8/h4-8,12-15H,2H2,1H3/t4-,5-,6+,7-,8?/m1/s1. The van der Waals surface area contributed by atoms with Crippen molar-refractivity contribution < 1.29 is 29.6 Å². The molecule has 0 aromatic carbocycles. The van der Waals surface area contributed by atoms with E-state index >= 15 is 0 Å². The first-order valence-electron chi connectivity index (χ1n) is 5.15. The van der Waals surface area contributed by atoms with Crippen molar-refractivity contribution in [3.8, 4) is 0 Å². The Bertz CT molecular complexity index is 381. The number of ether oxygens (including phenoxy) is 1. The first-order valence-corrected chi connectivity index (χ1v) is 5.15. The smallest absolute Gasteiger partial charge is 0.247 e. The summed E-state index contributed by atoms with van der Waals surface area (Å²) >= 11 is 0. The molecule has 0 saturated carbocycles. The van der Waals surface area contributed by atoms with Crippen LogP contribution in [0.3, 0.4) is 0 Å². The summed E-state index contributed by atoms with van der Waals surface area (Å²) in [6.45, 7) is 1.08.